The second kappa shape index (κ2) is 7.48. The number of amides is 2. The van der Waals surface area contributed by atoms with E-state index in [4.69, 9.17) is 5.73 Å². The first kappa shape index (κ1) is 12.3. The van der Waals surface area contributed by atoms with Crippen molar-refractivity contribution in [3.05, 3.63) is 0 Å². The lowest BCUT2D eigenvalue weighted by molar-refractivity contribution is 0.238. The SMILES string of the molecule is NCCCNC(=O)NCCN1CCCC1. The normalized spacial score (nSPS) is 16.6. The molecule has 0 unspecified atom stereocenters. The van der Waals surface area contributed by atoms with Gasteiger partial charge in [-0.05, 0) is 38.9 Å². The number of hydrogen-bond acceptors (Lipinski definition) is 3. The van der Waals surface area contributed by atoms with Gasteiger partial charge in [0.2, 0.25) is 0 Å². The van der Waals surface area contributed by atoms with Crippen LogP contribution in [0.1, 0.15) is 19.3 Å². The summed E-state index contributed by atoms with van der Waals surface area (Å²) in [6, 6.07) is -0.0809. The van der Waals surface area contributed by atoms with Crippen molar-refractivity contribution in [3.8, 4) is 0 Å². The molecule has 0 aliphatic carbocycles. The predicted molar refractivity (Wildman–Crippen MR) is 60.7 cm³/mol. The molecule has 88 valence electrons. The summed E-state index contributed by atoms with van der Waals surface area (Å²) in [5.74, 6) is 0. The standard InChI is InChI=1S/C10H22N4O/c11-4-3-5-12-10(15)13-6-9-14-7-1-2-8-14/h1-9,11H2,(H2,12,13,15). The fourth-order valence-electron chi connectivity index (χ4n) is 1.70. The molecule has 1 fully saturated rings. The highest BCUT2D eigenvalue weighted by Crippen LogP contribution is 2.05. The molecule has 0 aromatic rings. The summed E-state index contributed by atoms with van der Waals surface area (Å²) in [6.07, 6.45) is 3.42. The quantitative estimate of drug-likeness (QED) is 0.533. The van der Waals surface area contributed by atoms with Gasteiger partial charge in [0.25, 0.3) is 0 Å². The van der Waals surface area contributed by atoms with Gasteiger partial charge in [-0.1, -0.05) is 0 Å². The van der Waals surface area contributed by atoms with E-state index in [0.717, 1.165) is 19.5 Å². The molecule has 0 saturated carbocycles. The van der Waals surface area contributed by atoms with Gasteiger partial charge < -0.3 is 21.3 Å². The maximum Gasteiger partial charge on any atom is 0.314 e. The van der Waals surface area contributed by atoms with Gasteiger partial charge >= 0.3 is 6.03 Å². The van der Waals surface area contributed by atoms with E-state index in [1.165, 1.54) is 25.9 Å². The minimum absolute atomic E-state index is 0.0809. The molecule has 0 aromatic carbocycles. The lowest BCUT2D eigenvalue weighted by atomic mass is 10.4. The molecule has 0 radical (unpaired) electrons. The Kier molecular flexibility index (Phi) is 6.11. The zero-order valence-electron chi connectivity index (χ0n) is 9.30. The highest BCUT2D eigenvalue weighted by molar-refractivity contribution is 5.73. The topological polar surface area (TPSA) is 70.4 Å². The lowest BCUT2D eigenvalue weighted by Crippen LogP contribution is -2.40. The van der Waals surface area contributed by atoms with Crippen LogP contribution >= 0.6 is 0 Å². The van der Waals surface area contributed by atoms with Gasteiger partial charge in [0.1, 0.15) is 0 Å². The molecule has 5 nitrogen and oxygen atoms in total. The molecule has 1 heterocycles. The summed E-state index contributed by atoms with van der Waals surface area (Å²) < 4.78 is 0. The molecule has 0 aromatic heterocycles. The average molecular weight is 214 g/mol. The summed E-state index contributed by atoms with van der Waals surface area (Å²) in [7, 11) is 0. The molecule has 1 rings (SSSR count). The van der Waals surface area contributed by atoms with Gasteiger partial charge in [0, 0.05) is 19.6 Å². The van der Waals surface area contributed by atoms with E-state index in [-0.39, 0.29) is 6.03 Å². The molecule has 0 spiro atoms. The van der Waals surface area contributed by atoms with Crippen LogP contribution in [-0.4, -0.2) is 50.2 Å². The number of urea groups is 1. The maximum absolute atomic E-state index is 11.2. The highest BCUT2D eigenvalue weighted by atomic mass is 16.2. The zero-order valence-corrected chi connectivity index (χ0v) is 9.30. The molecule has 1 aliphatic rings. The van der Waals surface area contributed by atoms with E-state index < -0.39 is 0 Å². The minimum atomic E-state index is -0.0809. The van der Waals surface area contributed by atoms with Gasteiger partial charge in [-0.3, -0.25) is 0 Å². The highest BCUT2D eigenvalue weighted by Gasteiger charge is 2.10. The van der Waals surface area contributed by atoms with Crippen LogP contribution in [0.2, 0.25) is 0 Å². The number of hydrogen-bond donors (Lipinski definition) is 3. The van der Waals surface area contributed by atoms with Crippen molar-refractivity contribution in [1.29, 1.82) is 0 Å². The third-order valence-electron chi connectivity index (χ3n) is 2.58. The Morgan fingerprint density at radius 1 is 1.20 bits per heavy atom. The average Bonchev–Trinajstić information content (AvgIpc) is 2.71. The molecule has 4 N–H and O–H groups in total. The maximum atomic E-state index is 11.2. The Bertz CT molecular complexity index is 180. The van der Waals surface area contributed by atoms with Crippen LogP contribution in [0.15, 0.2) is 0 Å². The molecule has 0 bridgehead atoms. The third-order valence-corrected chi connectivity index (χ3v) is 2.58. The Hall–Kier alpha value is -0.810. The molecule has 5 heteroatoms. The van der Waals surface area contributed by atoms with Crippen molar-refractivity contribution in [2.45, 2.75) is 19.3 Å². The number of nitrogens with two attached hydrogens (primary N) is 1. The van der Waals surface area contributed by atoms with Gasteiger partial charge in [0.15, 0.2) is 0 Å². The van der Waals surface area contributed by atoms with Crippen molar-refractivity contribution < 1.29 is 4.79 Å². The van der Waals surface area contributed by atoms with E-state index in [1.807, 2.05) is 0 Å². The van der Waals surface area contributed by atoms with Crippen LogP contribution in [0.4, 0.5) is 4.79 Å². The Balaban J connectivity index is 1.91. The first-order valence-electron chi connectivity index (χ1n) is 5.77. The number of carbonyl (C=O) groups excluding carboxylic acids is 1. The minimum Gasteiger partial charge on any atom is -0.338 e. The van der Waals surface area contributed by atoms with Crippen molar-refractivity contribution in [3.63, 3.8) is 0 Å². The molecular formula is C10H22N4O. The van der Waals surface area contributed by atoms with Crippen LogP contribution < -0.4 is 16.4 Å². The van der Waals surface area contributed by atoms with E-state index in [9.17, 15) is 4.79 Å². The third kappa shape index (κ3) is 5.59. The largest absolute Gasteiger partial charge is 0.338 e. The fraction of sp³-hybridized carbons (Fsp3) is 0.900. The van der Waals surface area contributed by atoms with Gasteiger partial charge in [-0.15, -0.1) is 0 Å². The van der Waals surface area contributed by atoms with E-state index in [1.54, 1.807) is 0 Å². The number of carbonyl (C=O) groups is 1. The van der Waals surface area contributed by atoms with Crippen LogP contribution in [0, 0.1) is 0 Å². The van der Waals surface area contributed by atoms with Crippen molar-refractivity contribution >= 4 is 6.03 Å². The number of rotatable bonds is 6. The van der Waals surface area contributed by atoms with Gasteiger partial charge in [0.05, 0.1) is 0 Å². The first-order valence-corrected chi connectivity index (χ1v) is 5.77. The van der Waals surface area contributed by atoms with Crippen molar-refractivity contribution in [2.75, 3.05) is 39.3 Å². The van der Waals surface area contributed by atoms with E-state index in [0.29, 0.717) is 13.1 Å². The van der Waals surface area contributed by atoms with Crippen LogP contribution in [0.5, 0.6) is 0 Å². The first-order chi connectivity index (χ1) is 7.33. The van der Waals surface area contributed by atoms with Crippen molar-refractivity contribution in [2.24, 2.45) is 5.73 Å². The number of nitrogens with one attached hydrogen (secondary N) is 2. The smallest absolute Gasteiger partial charge is 0.314 e. The van der Waals surface area contributed by atoms with Gasteiger partial charge in [-0.25, -0.2) is 4.79 Å². The second-order valence-electron chi connectivity index (χ2n) is 3.87. The van der Waals surface area contributed by atoms with Crippen LogP contribution in [-0.2, 0) is 0 Å². The molecule has 15 heavy (non-hydrogen) atoms. The molecule has 0 atom stereocenters. The van der Waals surface area contributed by atoms with Gasteiger partial charge in [-0.2, -0.15) is 0 Å². The lowest BCUT2D eigenvalue weighted by Gasteiger charge is -2.14. The molecular weight excluding hydrogens is 192 g/mol. The Labute approximate surface area is 91.4 Å². The molecule has 1 saturated heterocycles. The van der Waals surface area contributed by atoms with Crippen LogP contribution in [0.25, 0.3) is 0 Å². The zero-order chi connectivity index (χ0) is 10.9. The van der Waals surface area contributed by atoms with E-state index in [2.05, 4.69) is 15.5 Å². The summed E-state index contributed by atoms with van der Waals surface area (Å²) in [5.41, 5.74) is 5.32. The molecule has 2 amide bonds. The summed E-state index contributed by atoms with van der Waals surface area (Å²) in [4.78, 5) is 13.6. The number of likely N-dealkylation sites (tertiary alicyclic amines) is 1. The predicted octanol–water partition coefficient (Wildman–Crippen LogP) is -0.270. The Morgan fingerprint density at radius 2 is 1.87 bits per heavy atom. The van der Waals surface area contributed by atoms with Crippen LogP contribution in [0.3, 0.4) is 0 Å². The summed E-state index contributed by atoms with van der Waals surface area (Å²) in [5, 5.41) is 5.60. The number of nitrogens with zero attached hydrogens (tertiary/aromatic N) is 1. The monoisotopic (exact) mass is 214 g/mol. The Morgan fingerprint density at radius 3 is 2.53 bits per heavy atom. The summed E-state index contributed by atoms with van der Waals surface area (Å²) in [6.45, 7) is 5.33. The molecule has 1 aliphatic heterocycles. The second-order valence-corrected chi connectivity index (χ2v) is 3.87. The van der Waals surface area contributed by atoms with E-state index >= 15 is 0 Å². The fourth-order valence-corrected chi connectivity index (χ4v) is 1.70. The summed E-state index contributed by atoms with van der Waals surface area (Å²) >= 11 is 0. The van der Waals surface area contributed by atoms with Crippen molar-refractivity contribution in [1.82, 2.24) is 15.5 Å².